The van der Waals surface area contributed by atoms with Crippen LogP contribution in [0.3, 0.4) is 0 Å². The van der Waals surface area contributed by atoms with Crippen LogP contribution in [-0.2, 0) is 22.4 Å². The average Bonchev–Trinajstić information content (AvgIpc) is 3.04. The summed E-state index contributed by atoms with van der Waals surface area (Å²) in [5.74, 6) is -0.270. The second-order valence-electron chi connectivity index (χ2n) is 6.99. The van der Waals surface area contributed by atoms with Crippen molar-refractivity contribution in [3.8, 4) is 0 Å². The van der Waals surface area contributed by atoms with Crippen molar-refractivity contribution in [2.45, 2.75) is 54.4 Å². The fraction of sp³-hybridized carbons (Fsp3) is 0.364. The van der Waals surface area contributed by atoms with E-state index < -0.39 is 0 Å². The van der Waals surface area contributed by atoms with Gasteiger partial charge in [0.2, 0.25) is 11.6 Å². The Kier molecular flexibility index (Phi) is 4.61. The van der Waals surface area contributed by atoms with Crippen LogP contribution in [0.5, 0.6) is 0 Å². The third-order valence-electron chi connectivity index (χ3n) is 5.46. The summed E-state index contributed by atoms with van der Waals surface area (Å²) in [6.45, 7) is 12.3. The molecule has 0 saturated heterocycles. The molecule has 0 aliphatic heterocycles. The van der Waals surface area contributed by atoms with Crippen LogP contribution in [0.4, 0.5) is 0 Å². The molecule has 4 nitrogen and oxygen atoms in total. The quantitative estimate of drug-likeness (QED) is 0.776. The molecule has 0 saturated carbocycles. The minimum Gasteiger partial charge on any atom is -0.317 e. The fourth-order valence-corrected chi connectivity index (χ4v) is 4.08. The van der Waals surface area contributed by atoms with Gasteiger partial charge in [0.15, 0.2) is 0 Å². The number of allylic oxidation sites excluding steroid dienone is 4. The number of carbonyl (C=O) groups excluding carboxylic acids is 2. The summed E-state index contributed by atoms with van der Waals surface area (Å²) in [6.07, 6.45) is 8.66. The standard InChI is InChI=1S/C22H26N2O2/c1-7-17-13(3)11-23(15(17)5)19-9-22(26)20(10-21(19)25)24-12-14(4)18(8-2)16(24)6/h9-12H,7-8H2,1-6H3. The molecular formula is C22H26N2O2. The first-order valence-electron chi connectivity index (χ1n) is 9.17. The molecule has 26 heavy (non-hydrogen) atoms. The maximum absolute atomic E-state index is 12.8. The Morgan fingerprint density at radius 3 is 1.31 bits per heavy atom. The topological polar surface area (TPSA) is 44.0 Å². The first-order chi connectivity index (χ1) is 12.3. The molecule has 3 rings (SSSR count). The van der Waals surface area contributed by atoms with Crippen molar-refractivity contribution < 1.29 is 9.59 Å². The van der Waals surface area contributed by atoms with Crippen LogP contribution in [-0.4, -0.2) is 20.7 Å². The van der Waals surface area contributed by atoms with Gasteiger partial charge in [0.05, 0.1) is 11.4 Å². The predicted molar refractivity (Wildman–Crippen MR) is 105 cm³/mol. The zero-order valence-electron chi connectivity index (χ0n) is 16.4. The van der Waals surface area contributed by atoms with E-state index in [-0.39, 0.29) is 11.6 Å². The molecule has 0 unspecified atom stereocenters. The number of hydrogen-bond donors (Lipinski definition) is 0. The molecule has 1 aliphatic rings. The van der Waals surface area contributed by atoms with Gasteiger partial charge in [0, 0.05) is 35.9 Å². The molecule has 0 aromatic carbocycles. The van der Waals surface area contributed by atoms with E-state index >= 15 is 0 Å². The van der Waals surface area contributed by atoms with Gasteiger partial charge in [-0.25, -0.2) is 0 Å². The Bertz CT molecular complexity index is 900. The van der Waals surface area contributed by atoms with Gasteiger partial charge < -0.3 is 9.13 Å². The van der Waals surface area contributed by atoms with Crippen LogP contribution in [0.2, 0.25) is 0 Å². The number of ketones is 2. The number of carbonyl (C=O) groups is 2. The lowest BCUT2D eigenvalue weighted by Gasteiger charge is -2.17. The third kappa shape index (κ3) is 2.70. The highest BCUT2D eigenvalue weighted by molar-refractivity contribution is 6.39. The normalized spacial score (nSPS) is 14.7. The number of hydrogen-bond acceptors (Lipinski definition) is 2. The monoisotopic (exact) mass is 350 g/mol. The van der Waals surface area contributed by atoms with E-state index in [1.807, 2.05) is 49.2 Å². The van der Waals surface area contributed by atoms with Crippen LogP contribution in [0.15, 0.2) is 24.5 Å². The predicted octanol–water partition coefficient (Wildman–Crippen LogP) is 4.18. The van der Waals surface area contributed by atoms with Gasteiger partial charge in [0.25, 0.3) is 0 Å². The summed E-state index contributed by atoms with van der Waals surface area (Å²) in [7, 11) is 0. The molecule has 0 fully saturated rings. The Morgan fingerprint density at radius 1 is 0.692 bits per heavy atom. The fourth-order valence-electron chi connectivity index (χ4n) is 4.08. The van der Waals surface area contributed by atoms with Crippen LogP contribution in [0.25, 0.3) is 11.4 Å². The van der Waals surface area contributed by atoms with Gasteiger partial charge in [-0.2, -0.15) is 0 Å². The molecule has 0 bridgehead atoms. The third-order valence-corrected chi connectivity index (χ3v) is 5.46. The van der Waals surface area contributed by atoms with E-state index in [1.165, 1.54) is 23.3 Å². The summed E-state index contributed by atoms with van der Waals surface area (Å²) >= 11 is 0. The number of nitrogens with zero attached hydrogens (tertiary/aromatic N) is 2. The second-order valence-corrected chi connectivity index (χ2v) is 6.99. The van der Waals surface area contributed by atoms with Crippen LogP contribution in [0.1, 0.15) is 47.5 Å². The number of rotatable bonds is 4. The van der Waals surface area contributed by atoms with E-state index in [0.717, 1.165) is 35.4 Å². The van der Waals surface area contributed by atoms with Crippen LogP contribution >= 0.6 is 0 Å². The molecular weight excluding hydrogens is 324 g/mol. The Morgan fingerprint density at radius 2 is 1.04 bits per heavy atom. The first-order valence-corrected chi connectivity index (χ1v) is 9.17. The Balaban J connectivity index is 2.05. The van der Waals surface area contributed by atoms with E-state index in [0.29, 0.717) is 11.4 Å². The lowest BCUT2D eigenvalue weighted by molar-refractivity contribution is -0.113. The molecule has 2 aromatic heterocycles. The lowest BCUT2D eigenvalue weighted by Crippen LogP contribution is -2.19. The largest absolute Gasteiger partial charge is 0.317 e. The molecule has 136 valence electrons. The number of aryl methyl sites for hydroxylation is 2. The highest BCUT2D eigenvalue weighted by atomic mass is 16.1. The van der Waals surface area contributed by atoms with E-state index in [4.69, 9.17) is 0 Å². The zero-order valence-corrected chi connectivity index (χ0v) is 16.4. The maximum atomic E-state index is 12.8. The summed E-state index contributed by atoms with van der Waals surface area (Å²) < 4.78 is 3.71. The van der Waals surface area contributed by atoms with Crippen molar-refractivity contribution in [3.05, 3.63) is 58.2 Å². The van der Waals surface area contributed by atoms with Crippen molar-refractivity contribution in [2.24, 2.45) is 0 Å². The molecule has 2 aromatic rings. The summed E-state index contributed by atoms with van der Waals surface area (Å²) in [6, 6.07) is 0. The van der Waals surface area contributed by atoms with Gasteiger partial charge >= 0.3 is 0 Å². The summed E-state index contributed by atoms with van der Waals surface area (Å²) in [4.78, 5) is 25.7. The Hall–Kier alpha value is -2.62. The van der Waals surface area contributed by atoms with Gasteiger partial charge in [-0.05, 0) is 62.8 Å². The van der Waals surface area contributed by atoms with Gasteiger partial charge in [-0.1, -0.05) is 13.8 Å². The molecule has 0 atom stereocenters. The van der Waals surface area contributed by atoms with Crippen molar-refractivity contribution >= 4 is 23.0 Å². The number of aromatic nitrogens is 2. The summed E-state index contributed by atoms with van der Waals surface area (Å²) in [5.41, 5.74) is 7.64. The van der Waals surface area contributed by atoms with E-state index in [2.05, 4.69) is 13.8 Å². The molecule has 0 amide bonds. The lowest BCUT2D eigenvalue weighted by atomic mass is 10.1. The van der Waals surface area contributed by atoms with E-state index in [9.17, 15) is 9.59 Å². The van der Waals surface area contributed by atoms with Crippen molar-refractivity contribution in [3.63, 3.8) is 0 Å². The van der Waals surface area contributed by atoms with Gasteiger partial charge in [-0.15, -0.1) is 0 Å². The molecule has 0 spiro atoms. The minimum atomic E-state index is -0.135. The van der Waals surface area contributed by atoms with E-state index in [1.54, 1.807) is 0 Å². The summed E-state index contributed by atoms with van der Waals surface area (Å²) in [5, 5.41) is 0. The smallest absolute Gasteiger partial charge is 0.204 e. The highest BCUT2D eigenvalue weighted by Crippen LogP contribution is 2.28. The van der Waals surface area contributed by atoms with Crippen molar-refractivity contribution in [1.29, 1.82) is 0 Å². The molecule has 0 N–H and O–H groups in total. The van der Waals surface area contributed by atoms with Crippen LogP contribution < -0.4 is 0 Å². The van der Waals surface area contributed by atoms with Crippen LogP contribution in [0, 0.1) is 27.7 Å². The molecule has 1 aliphatic carbocycles. The maximum Gasteiger partial charge on any atom is 0.204 e. The first kappa shape index (κ1) is 18.2. The average molecular weight is 350 g/mol. The molecule has 2 heterocycles. The molecule has 0 radical (unpaired) electrons. The zero-order chi connectivity index (χ0) is 19.2. The minimum absolute atomic E-state index is 0.135. The Labute approximate surface area is 154 Å². The second kappa shape index (κ2) is 6.60. The van der Waals surface area contributed by atoms with Crippen molar-refractivity contribution in [2.75, 3.05) is 0 Å². The van der Waals surface area contributed by atoms with Gasteiger partial charge in [0.1, 0.15) is 0 Å². The SMILES string of the molecule is CCc1c(C)cn(C2=CC(=O)C(n3cc(C)c(CC)c3C)=CC2=O)c1C. The highest BCUT2D eigenvalue weighted by Gasteiger charge is 2.25. The van der Waals surface area contributed by atoms with Crippen molar-refractivity contribution in [1.82, 2.24) is 9.13 Å². The molecule has 4 heteroatoms. The van der Waals surface area contributed by atoms with Gasteiger partial charge in [-0.3, -0.25) is 9.59 Å².